The maximum Gasteiger partial charge on any atom is 0.407 e. The summed E-state index contributed by atoms with van der Waals surface area (Å²) in [6.07, 6.45) is 2.20. The number of nitrogens with one attached hydrogen (secondary N) is 2. The van der Waals surface area contributed by atoms with Gasteiger partial charge in [-0.2, -0.15) is 0 Å². The first-order valence-electron chi connectivity index (χ1n) is 9.59. The zero-order chi connectivity index (χ0) is 21.0. The summed E-state index contributed by atoms with van der Waals surface area (Å²) in [4.78, 5) is 35.7. The third-order valence-corrected chi connectivity index (χ3v) is 3.89. The number of alkyl carbamates (subject to hydrolysis) is 1. The van der Waals surface area contributed by atoms with E-state index >= 15 is 0 Å². The number of unbranched alkanes of at least 4 members (excludes halogenated alkanes) is 1. The van der Waals surface area contributed by atoms with Gasteiger partial charge in [-0.05, 0) is 52.0 Å². The zero-order valence-electron chi connectivity index (χ0n) is 17.2. The number of aryl methyl sites for hydroxylation is 1. The molecule has 2 N–H and O–H groups in total. The second-order valence-corrected chi connectivity index (χ2v) is 7.55. The fraction of sp³-hybridized carbons (Fsp3) is 0.571. The number of ether oxygens (including phenoxy) is 2. The van der Waals surface area contributed by atoms with E-state index in [1.54, 1.807) is 20.8 Å². The third-order valence-electron chi connectivity index (χ3n) is 3.89. The van der Waals surface area contributed by atoms with Gasteiger partial charge in [0.25, 0.3) is 0 Å². The molecule has 0 spiro atoms. The fourth-order valence-corrected chi connectivity index (χ4v) is 2.54. The summed E-state index contributed by atoms with van der Waals surface area (Å²) < 4.78 is 9.94. The minimum absolute atomic E-state index is 0.189. The van der Waals surface area contributed by atoms with Crippen molar-refractivity contribution in [2.24, 2.45) is 0 Å². The fourth-order valence-electron chi connectivity index (χ4n) is 2.54. The van der Waals surface area contributed by atoms with Gasteiger partial charge in [-0.3, -0.25) is 4.79 Å². The van der Waals surface area contributed by atoms with Gasteiger partial charge in [0.1, 0.15) is 11.6 Å². The normalized spacial score (nSPS) is 12.0. The Hall–Kier alpha value is -2.57. The highest BCUT2D eigenvalue weighted by Crippen LogP contribution is 2.08. The number of esters is 1. The van der Waals surface area contributed by atoms with Crippen LogP contribution in [-0.4, -0.2) is 43.3 Å². The van der Waals surface area contributed by atoms with Crippen molar-refractivity contribution in [2.75, 3.05) is 13.7 Å². The van der Waals surface area contributed by atoms with E-state index in [0.717, 1.165) is 5.56 Å². The van der Waals surface area contributed by atoms with E-state index in [-0.39, 0.29) is 5.91 Å². The predicted molar refractivity (Wildman–Crippen MR) is 107 cm³/mol. The summed E-state index contributed by atoms with van der Waals surface area (Å²) >= 11 is 0. The number of methoxy groups -OCH3 is 1. The lowest BCUT2D eigenvalue weighted by Gasteiger charge is -2.20. The van der Waals surface area contributed by atoms with Gasteiger partial charge in [-0.15, -0.1) is 0 Å². The second kappa shape index (κ2) is 12.0. The molecule has 0 fully saturated rings. The molecule has 0 bridgehead atoms. The second-order valence-electron chi connectivity index (χ2n) is 7.55. The largest absolute Gasteiger partial charge is 0.467 e. The molecule has 0 aromatic heterocycles. The van der Waals surface area contributed by atoms with Crippen molar-refractivity contribution < 1.29 is 23.9 Å². The Bertz CT molecular complexity index is 625. The minimum atomic E-state index is -0.685. The van der Waals surface area contributed by atoms with Crippen molar-refractivity contribution >= 4 is 18.0 Å². The Morgan fingerprint density at radius 1 is 1.07 bits per heavy atom. The molecule has 1 aromatic carbocycles. The molecule has 0 radical (unpaired) electrons. The van der Waals surface area contributed by atoms with Gasteiger partial charge in [0.05, 0.1) is 7.11 Å². The van der Waals surface area contributed by atoms with E-state index in [0.29, 0.717) is 38.6 Å². The van der Waals surface area contributed by atoms with E-state index in [1.165, 1.54) is 7.11 Å². The highest BCUT2D eigenvalue weighted by atomic mass is 16.6. The monoisotopic (exact) mass is 392 g/mol. The number of hydrogen-bond donors (Lipinski definition) is 2. The van der Waals surface area contributed by atoms with E-state index in [4.69, 9.17) is 9.47 Å². The van der Waals surface area contributed by atoms with Gasteiger partial charge in [0.15, 0.2) is 0 Å². The molecule has 0 aliphatic carbocycles. The van der Waals surface area contributed by atoms with Crippen LogP contribution in [0.1, 0.15) is 52.0 Å². The Labute approximate surface area is 167 Å². The van der Waals surface area contributed by atoms with E-state index in [1.807, 2.05) is 30.3 Å². The SMILES string of the molecule is COC(=O)[C@H](CCCCNC(=O)OC(C)(C)C)NC(=O)CCc1ccccc1. The molecule has 0 unspecified atom stereocenters. The summed E-state index contributed by atoms with van der Waals surface area (Å²) in [7, 11) is 1.30. The molecule has 1 rings (SSSR count). The van der Waals surface area contributed by atoms with Gasteiger partial charge in [0.2, 0.25) is 5.91 Å². The lowest BCUT2D eigenvalue weighted by molar-refractivity contribution is -0.145. The topological polar surface area (TPSA) is 93.7 Å². The Kier molecular flexibility index (Phi) is 10.1. The molecule has 7 heteroatoms. The standard InChI is InChI=1S/C21H32N2O5/c1-21(2,3)28-20(26)22-15-9-8-12-17(19(25)27-4)23-18(24)14-13-16-10-6-5-7-11-16/h5-7,10-11,17H,8-9,12-15H2,1-4H3,(H,22,26)(H,23,24)/t17-/m0/s1. The van der Waals surface area contributed by atoms with Crippen LogP contribution in [0.2, 0.25) is 0 Å². The number of rotatable bonds is 10. The third kappa shape index (κ3) is 10.5. The first kappa shape index (κ1) is 23.5. The minimum Gasteiger partial charge on any atom is -0.467 e. The van der Waals surface area contributed by atoms with Gasteiger partial charge in [0, 0.05) is 13.0 Å². The highest BCUT2D eigenvalue weighted by molar-refractivity contribution is 5.84. The molecule has 0 saturated carbocycles. The van der Waals surface area contributed by atoms with Crippen molar-refractivity contribution in [3.8, 4) is 0 Å². The van der Waals surface area contributed by atoms with Crippen LogP contribution in [0, 0.1) is 0 Å². The Balaban J connectivity index is 2.33. The average Bonchev–Trinajstić information content (AvgIpc) is 2.64. The number of carbonyl (C=O) groups excluding carboxylic acids is 3. The van der Waals surface area contributed by atoms with Crippen molar-refractivity contribution in [2.45, 2.75) is 64.5 Å². The molecule has 0 heterocycles. The number of benzene rings is 1. The average molecular weight is 392 g/mol. The Morgan fingerprint density at radius 3 is 2.36 bits per heavy atom. The molecule has 0 saturated heterocycles. The van der Waals surface area contributed by atoms with Crippen LogP contribution in [0.4, 0.5) is 4.79 Å². The smallest absolute Gasteiger partial charge is 0.407 e. The van der Waals surface area contributed by atoms with Gasteiger partial charge in [-0.1, -0.05) is 30.3 Å². The van der Waals surface area contributed by atoms with E-state index in [9.17, 15) is 14.4 Å². The maximum absolute atomic E-state index is 12.2. The van der Waals surface area contributed by atoms with Crippen LogP contribution in [0.15, 0.2) is 30.3 Å². The first-order valence-corrected chi connectivity index (χ1v) is 9.59. The summed E-state index contributed by atoms with van der Waals surface area (Å²) in [5.41, 5.74) is 0.532. The van der Waals surface area contributed by atoms with E-state index < -0.39 is 23.7 Å². The van der Waals surface area contributed by atoms with Crippen LogP contribution in [0.5, 0.6) is 0 Å². The molecular weight excluding hydrogens is 360 g/mol. The zero-order valence-corrected chi connectivity index (χ0v) is 17.2. The van der Waals surface area contributed by atoms with E-state index in [2.05, 4.69) is 10.6 Å². The molecule has 1 atom stereocenters. The van der Waals surface area contributed by atoms with Crippen LogP contribution in [0.3, 0.4) is 0 Å². The molecule has 7 nitrogen and oxygen atoms in total. The molecule has 1 aromatic rings. The maximum atomic E-state index is 12.2. The predicted octanol–water partition coefficient (Wildman–Crippen LogP) is 2.97. The van der Waals surface area contributed by atoms with Crippen molar-refractivity contribution in [3.05, 3.63) is 35.9 Å². The summed E-state index contributed by atoms with van der Waals surface area (Å²) in [6.45, 7) is 5.83. The molecule has 0 aliphatic heterocycles. The Morgan fingerprint density at radius 2 is 1.75 bits per heavy atom. The van der Waals surface area contributed by atoms with Crippen LogP contribution in [0.25, 0.3) is 0 Å². The van der Waals surface area contributed by atoms with Gasteiger partial charge in [-0.25, -0.2) is 9.59 Å². The van der Waals surface area contributed by atoms with Crippen molar-refractivity contribution in [1.29, 1.82) is 0 Å². The van der Waals surface area contributed by atoms with Gasteiger partial charge >= 0.3 is 12.1 Å². The quantitative estimate of drug-likeness (QED) is 0.472. The number of hydrogen-bond acceptors (Lipinski definition) is 5. The lowest BCUT2D eigenvalue weighted by Crippen LogP contribution is -2.41. The lowest BCUT2D eigenvalue weighted by atomic mass is 10.1. The molecule has 2 amide bonds. The summed E-state index contributed by atoms with van der Waals surface area (Å²) in [5.74, 6) is -0.653. The van der Waals surface area contributed by atoms with Crippen LogP contribution < -0.4 is 10.6 Å². The molecule has 156 valence electrons. The summed E-state index contributed by atoms with van der Waals surface area (Å²) in [6, 6.07) is 9.01. The highest BCUT2D eigenvalue weighted by Gasteiger charge is 2.21. The van der Waals surface area contributed by atoms with Crippen molar-refractivity contribution in [3.63, 3.8) is 0 Å². The number of amides is 2. The summed E-state index contributed by atoms with van der Waals surface area (Å²) in [5, 5.41) is 5.41. The van der Waals surface area contributed by atoms with Crippen molar-refractivity contribution in [1.82, 2.24) is 10.6 Å². The van der Waals surface area contributed by atoms with Crippen LogP contribution in [-0.2, 0) is 25.5 Å². The molecule has 0 aliphatic rings. The first-order chi connectivity index (χ1) is 13.2. The molecular formula is C21H32N2O5. The van der Waals surface area contributed by atoms with Gasteiger partial charge < -0.3 is 20.1 Å². The number of carbonyl (C=O) groups is 3. The van der Waals surface area contributed by atoms with Crippen LogP contribution >= 0.6 is 0 Å². The molecule has 28 heavy (non-hydrogen) atoms.